The van der Waals surface area contributed by atoms with Crippen LogP contribution in [0.25, 0.3) is 5.69 Å². The van der Waals surface area contributed by atoms with E-state index in [0.717, 1.165) is 6.07 Å². The van der Waals surface area contributed by atoms with Crippen molar-refractivity contribution in [2.75, 3.05) is 11.4 Å². The maximum atomic E-state index is 14.4. The molecule has 0 bridgehead atoms. The number of carbonyl (C=O) groups excluding carboxylic acids is 1. The summed E-state index contributed by atoms with van der Waals surface area (Å²) in [5.74, 6) is -1.66. The maximum absolute atomic E-state index is 14.4. The molecule has 8 nitrogen and oxygen atoms in total. The van der Waals surface area contributed by atoms with Crippen molar-refractivity contribution in [1.29, 1.82) is 0 Å². The lowest BCUT2D eigenvalue weighted by Crippen LogP contribution is -2.51. The molecule has 3 rings (SSSR count). The van der Waals surface area contributed by atoms with Crippen LogP contribution in [0.4, 0.5) is 18.9 Å². The van der Waals surface area contributed by atoms with Gasteiger partial charge in [-0.2, -0.15) is 8.78 Å². The van der Waals surface area contributed by atoms with Crippen LogP contribution in [0.1, 0.15) is 0 Å². The first-order valence-corrected chi connectivity index (χ1v) is 7.18. The molecule has 0 unspecified atom stereocenters. The summed E-state index contributed by atoms with van der Waals surface area (Å²) < 4.78 is 45.9. The molecule has 2 N–H and O–H groups in total. The number of anilines is 1. The van der Waals surface area contributed by atoms with Crippen LogP contribution in [-0.2, 0) is 4.79 Å². The lowest BCUT2D eigenvalue weighted by Gasteiger charge is -2.32. The normalized spacial score (nSPS) is 15.2. The number of carbonyl (C=O) groups is 1. The number of nitrogens with one attached hydrogen (secondary N) is 2. The first-order chi connectivity index (χ1) is 12.2. The van der Waals surface area contributed by atoms with Crippen LogP contribution in [0.2, 0.25) is 0 Å². The zero-order valence-electron chi connectivity index (χ0n) is 12.5. The van der Waals surface area contributed by atoms with E-state index in [-0.39, 0.29) is 10.5 Å². The SMILES string of the molecule is C#CCN1C(=O)C(F)(F)Oc2cc(F)c(-n3c(=O)[nH]c(=S)[nH]c3=O)cc21. The van der Waals surface area contributed by atoms with Gasteiger partial charge in [0.2, 0.25) is 0 Å². The molecule has 1 amide bonds. The largest absolute Gasteiger partial charge is 0.483 e. The molecule has 1 aliphatic rings. The highest BCUT2D eigenvalue weighted by atomic mass is 32.1. The van der Waals surface area contributed by atoms with Gasteiger partial charge in [-0.05, 0) is 18.3 Å². The molecule has 0 radical (unpaired) electrons. The van der Waals surface area contributed by atoms with Crippen LogP contribution in [0.3, 0.4) is 0 Å². The van der Waals surface area contributed by atoms with E-state index in [2.05, 4.69) is 26.9 Å². The van der Waals surface area contributed by atoms with Crippen LogP contribution >= 0.6 is 12.2 Å². The van der Waals surface area contributed by atoms with Crippen molar-refractivity contribution in [3.8, 4) is 23.8 Å². The summed E-state index contributed by atoms with van der Waals surface area (Å²) in [5.41, 5.74) is -3.10. The Kier molecular flexibility index (Phi) is 3.96. The minimum absolute atomic E-state index is 0.290. The number of alkyl halides is 2. The molecule has 0 spiro atoms. The van der Waals surface area contributed by atoms with Gasteiger partial charge in [0.1, 0.15) is 0 Å². The van der Waals surface area contributed by atoms with E-state index >= 15 is 0 Å². The standard InChI is InChI=1S/C14H7F3N4O4S/c1-2-3-20-8-5-7(21-12(23)18-11(26)19-13(21)24)6(15)4-9(8)25-14(16,17)10(20)22/h1,4-5H,3H2,(H2,18,19,23,24,26). The Labute approximate surface area is 146 Å². The minimum atomic E-state index is -4.25. The van der Waals surface area contributed by atoms with Gasteiger partial charge < -0.3 is 4.74 Å². The Bertz CT molecular complexity index is 1110. The van der Waals surface area contributed by atoms with Gasteiger partial charge in [0.05, 0.1) is 17.9 Å². The third-order valence-electron chi connectivity index (χ3n) is 3.39. The van der Waals surface area contributed by atoms with Crippen molar-refractivity contribution in [1.82, 2.24) is 14.5 Å². The molecule has 26 heavy (non-hydrogen) atoms. The van der Waals surface area contributed by atoms with Gasteiger partial charge in [0.25, 0.3) is 0 Å². The van der Waals surface area contributed by atoms with E-state index in [1.807, 2.05) is 5.92 Å². The molecule has 1 aliphatic heterocycles. The predicted molar refractivity (Wildman–Crippen MR) is 84.6 cm³/mol. The zero-order chi connectivity index (χ0) is 19.2. The second-order valence-electron chi connectivity index (χ2n) is 5.01. The number of H-pyrrole nitrogens is 2. The van der Waals surface area contributed by atoms with Gasteiger partial charge in [-0.25, -0.2) is 18.5 Å². The number of amides is 1. The van der Waals surface area contributed by atoms with E-state index in [4.69, 9.17) is 6.42 Å². The number of ether oxygens (including phenoxy) is 1. The fourth-order valence-corrected chi connectivity index (χ4v) is 2.52. The van der Waals surface area contributed by atoms with Crippen LogP contribution in [0.15, 0.2) is 21.7 Å². The molecule has 0 saturated carbocycles. The smallest absolute Gasteiger partial charge is 0.423 e. The molecular formula is C14H7F3N4O4S. The number of aromatic amines is 2. The number of fused-ring (bicyclic) bond motifs is 1. The Morgan fingerprint density at radius 3 is 2.38 bits per heavy atom. The fourth-order valence-electron chi connectivity index (χ4n) is 2.34. The van der Waals surface area contributed by atoms with Crippen molar-refractivity contribution in [2.45, 2.75) is 6.11 Å². The summed E-state index contributed by atoms with van der Waals surface area (Å²) in [6.07, 6.45) is 0.835. The number of rotatable bonds is 2. The Hall–Kier alpha value is -3.33. The number of hydrogen-bond acceptors (Lipinski definition) is 5. The molecule has 2 heterocycles. The lowest BCUT2D eigenvalue weighted by atomic mass is 10.2. The lowest BCUT2D eigenvalue weighted by molar-refractivity contribution is -0.192. The van der Waals surface area contributed by atoms with Crippen molar-refractivity contribution < 1.29 is 22.7 Å². The molecule has 134 valence electrons. The number of terminal acetylenes is 1. The van der Waals surface area contributed by atoms with Crippen LogP contribution in [0.5, 0.6) is 5.75 Å². The number of halogens is 3. The monoisotopic (exact) mass is 384 g/mol. The van der Waals surface area contributed by atoms with Gasteiger partial charge in [-0.1, -0.05) is 5.92 Å². The maximum Gasteiger partial charge on any atom is 0.483 e. The average Bonchev–Trinajstić information content (AvgIpc) is 2.52. The molecule has 2 aromatic rings. The first-order valence-electron chi connectivity index (χ1n) is 6.77. The molecule has 1 aromatic carbocycles. The Balaban J connectivity index is 2.30. The van der Waals surface area contributed by atoms with E-state index < -0.39 is 47.2 Å². The first kappa shape index (κ1) is 17.5. The highest BCUT2D eigenvalue weighted by Crippen LogP contribution is 2.41. The summed E-state index contributed by atoms with van der Waals surface area (Å²) in [6, 6.07) is 1.34. The highest BCUT2D eigenvalue weighted by Gasteiger charge is 2.50. The van der Waals surface area contributed by atoms with E-state index in [9.17, 15) is 27.6 Å². The van der Waals surface area contributed by atoms with E-state index in [0.29, 0.717) is 15.5 Å². The quantitative estimate of drug-likeness (QED) is 0.586. The number of hydrogen-bond donors (Lipinski definition) is 2. The summed E-state index contributed by atoms with van der Waals surface area (Å²) >= 11 is 4.62. The Morgan fingerprint density at radius 1 is 1.19 bits per heavy atom. The van der Waals surface area contributed by atoms with Crippen LogP contribution in [-0.4, -0.2) is 33.1 Å². The van der Waals surface area contributed by atoms with Crippen LogP contribution in [0, 0.1) is 22.9 Å². The summed E-state index contributed by atoms with van der Waals surface area (Å²) in [6.45, 7) is -0.571. The zero-order valence-corrected chi connectivity index (χ0v) is 13.3. The Morgan fingerprint density at radius 2 is 1.81 bits per heavy atom. The van der Waals surface area contributed by atoms with Gasteiger partial charge in [-0.3, -0.25) is 19.7 Å². The van der Waals surface area contributed by atoms with E-state index in [1.54, 1.807) is 0 Å². The van der Waals surface area contributed by atoms with Crippen molar-refractivity contribution >= 4 is 23.8 Å². The van der Waals surface area contributed by atoms with Crippen molar-refractivity contribution in [2.24, 2.45) is 0 Å². The number of benzene rings is 1. The molecule has 0 fully saturated rings. The third kappa shape index (κ3) is 2.68. The second-order valence-corrected chi connectivity index (χ2v) is 5.42. The minimum Gasteiger partial charge on any atom is -0.423 e. The highest BCUT2D eigenvalue weighted by molar-refractivity contribution is 7.71. The fraction of sp³-hybridized carbons (Fsp3) is 0.143. The molecule has 1 aromatic heterocycles. The van der Waals surface area contributed by atoms with Crippen molar-refractivity contribution in [3.05, 3.63) is 43.7 Å². The van der Waals surface area contributed by atoms with Gasteiger partial charge in [0, 0.05) is 6.07 Å². The third-order valence-corrected chi connectivity index (χ3v) is 3.59. The topological polar surface area (TPSA) is 100 Å². The van der Waals surface area contributed by atoms with Crippen LogP contribution < -0.4 is 21.0 Å². The molecule has 12 heteroatoms. The van der Waals surface area contributed by atoms with Gasteiger partial charge in [-0.15, -0.1) is 6.42 Å². The van der Waals surface area contributed by atoms with Gasteiger partial charge in [0.15, 0.2) is 16.3 Å². The average molecular weight is 384 g/mol. The molecular weight excluding hydrogens is 377 g/mol. The van der Waals surface area contributed by atoms with Gasteiger partial charge >= 0.3 is 23.4 Å². The molecule has 0 atom stereocenters. The number of nitrogens with zero attached hydrogens (tertiary/aromatic N) is 2. The summed E-state index contributed by atoms with van der Waals surface area (Å²) in [5, 5.41) is 0. The summed E-state index contributed by atoms with van der Waals surface area (Å²) in [7, 11) is 0. The van der Waals surface area contributed by atoms with E-state index in [1.165, 1.54) is 0 Å². The second kappa shape index (κ2) is 5.88. The number of aromatic nitrogens is 3. The summed E-state index contributed by atoms with van der Waals surface area (Å²) in [4.78, 5) is 40.3. The molecule has 0 aliphatic carbocycles. The molecule has 0 saturated heterocycles. The predicted octanol–water partition coefficient (Wildman–Crippen LogP) is 0.674. The van der Waals surface area contributed by atoms with Crippen molar-refractivity contribution in [3.63, 3.8) is 0 Å².